The largest absolute Gasteiger partial charge is 0.504 e. The summed E-state index contributed by atoms with van der Waals surface area (Å²) in [5.74, 6) is -1.47. The highest BCUT2D eigenvalue weighted by Crippen LogP contribution is 2.42. The topological polar surface area (TPSA) is 91.6 Å². The second-order valence-corrected chi connectivity index (χ2v) is 5.42. The molecular formula is C14H13ClN2O4. The molecule has 0 aliphatic heterocycles. The van der Waals surface area contributed by atoms with Crippen LogP contribution < -0.4 is 10.7 Å². The molecule has 0 atom stereocenters. The monoisotopic (exact) mass is 308 g/mol. The van der Waals surface area contributed by atoms with Crippen LogP contribution in [-0.2, 0) is 0 Å². The molecule has 110 valence electrons. The number of benzene rings is 1. The number of pyridine rings is 1. The fourth-order valence-electron chi connectivity index (χ4n) is 2.39. The Bertz CT molecular complexity index is 824. The standard InChI is InChI=1S/C14H13ClN2O4/c1-16-14(21)7-5-17(6-2-3-6)8-4-9(18)13(20)11(15)10(8)12(7)19/h4-6,18,20H,2-3H2,1H3,(H,16,21). The van der Waals surface area contributed by atoms with Gasteiger partial charge in [0.15, 0.2) is 11.5 Å². The zero-order valence-electron chi connectivity index (χ0n) is 11.2. The molecule has 3 rings (SSSR count). The van der Waals surface area contributed by atoms with E-state index in [1.165, 1.54) is 19.3 Å². The van der Waals surface area contributed by atoms with Crippen molar-refractivity contribution in [3.05, 3.63) is 33.1 Å². The van der Waals surface area contributed by atoms with Gasteiger partial charge in [0.25, 0.3) is 5.91 Å². The van der Waals surface area contributed by atoms with E-state index in [0.29, 0.717) is 5.52 Å². The van der Waals surface area contributed by atoms with E-state index in [9.17, 15) is 19.8 Å². The van der Waals surface area contributed by atoms with Crippen molar-refractivity contribution in [3.63, 3.8) is 0 Å². The number of fused-ring (bicyclic) bond motifs is 1. The van der Waals surface area contributed by atoms with Gasteiger partial charge in [0.1, 0.15) is 5.56 Å². The average Bonchev–Trinajstić information content (AvgIpc) is 3.28. The summed E-state index contributed by atoms with van der Waals surface area (Å²) in [5.41, 5.74) is -0.194. The average molecular weight is 309 g/mol. The summed E-state index contributed by atoms with van der Waals surface area (Å²) in [5, 5.41) is 21.7. The lowest BCUT2D eigenvalue weighted by atomic mass is 10.1. The van der Waals surface area contributed by atoms with E-state index >= 15 is 0 Å². The molecule has 1 fully saturated rings. The number of nitrogens with one attached hydrogen (secondary N) is 1. The van der Waals surface area contributed by atoms with Crippen LogP contribution in [0.3, 0.4) is 0 Å². The molecule has 1 aromatic carbocycles. The molecule has 1 aromatic heterocycles. The Hall–Kier alpha value is -2.21. The summed E-state index contributed by atoms with van der Waals surface area (Å²) in [6.07, 6.45) is 3.32. The quantitative estimate of drug-likeness (QED) is 0.737. The molecule has 21 heavy (non-hydrogen) atoms. The molecule has 1 saturated carbocycles. The van der Waals surface area contributed by atoms with E-state index in [1.54, 1.807) is 4.57 Å². The van der Waals surface area contributed by atoms with Crippen LogP contribution in [0.4, 0.5) is 0 Å². The number of carbonyl (C=O) groups excluding carboxylic acids is 1. The van der Waals surface area contributed by atoms with Crippen LogP contribution in [0.2, 0.25) is 5.02 Å². The van der Waals surface area contributed by atoms with Crippen molar-refractivity contribution in [2.75, 3.05) is 7.05 Å². The van der Waals surface area contributed by atoms with Crippen molar-refractivity contribution < 1.29 is 15.0 Å². The maximum absolute atomic E-state index is 12.5. The highest BCUT2D eigenvalue weighted by molar-refractivity contribution is 6.37. The maximum atomic E-state index is 12.5. The van der Waals surface area contributed by atoms with Gasteiger partial charge in [0, 0.05) is 25.4 Å². The number of amides is 1. The van der Waals surface area contributed by atoms with Gasteiger partial charge in [-0.05, 0) is 12.8 Å². The van der Waals surface area contributed by atoms with Crippen LogP contribution in [0.1, 0.15) is 29.2 Å². The van der Waals surface area contributed by atoms with E-state index in [2.05, 4.69) is 5.32 Å². The first-order chi connectivity index (χ1) is 9.95. The second kappa shape index (κ2) is 4.66. The van der Waals surface area contributed by atoms with Crippen molar-refractivity contribution >= 4 is 28.4 Å². The maximum Gasteiger partial charge on any atom is 0.256 e. The van der Waals surface area contributed by atoms with E-state index in [1.807, 2.05) is 0 Å². The molecule has 7 heteroatoms. The number of hydrogen-bond acceptors (Lipinski definition) is 4. The molecule has 1 heterocycles. The lowest BCUT2D eigenvalue weighted by molar-refractivity contribution is 0.0961. The Labute approximate surface area is 124 Å². The lowest BCUT2D eigenvalue weighted by Gasteiger charge is -2.14. The molecule has 0 unspecified atom stereocenters. The van der Waals surface area contributed by atoms with E-state index in [-0.39, 0.29) is 22.0 Å². The number of aromatic nitrogens is 1. The summed E-state index contributed by atoms with van der Waals surface area (Å²) >= 11 is 6.00. The van der Waals surface area contributed by atoms with Crippen molar-refractivity contribution in [2.24, 2.45) is 0 Å². The molecule has 6 nitrogen and oxygen atoms in total. The van der Waals surface area contributed by atoms with Gasteiger partial charge in [-0.1, -0.05) is 11.6 Å². The number of rotatable bonds is 2. The number of aromatic hydroxyl groups is 2. The molecule has 0 spiro atoms. The van der Waals surface area contributed by atoms with Crippen LogP contribution >= 0.6 is 11.6 Å². The highest BCUT2D eigenvalue weighted by atomic mass is 35.5. The first-order valence-corrected chi connectivity index (χ1v) is 6.84. The Morgan fingerprint density at radius 3 is 2.67 bits per heavy atom. The summed E-state index contributed by atoms with van der Waals surface area (Å²) in [4.78, 5) is 24.3. The van der Waals surface area contributed by atoms with Crippen LogP contribution in [0, 0.1) is 0 Å². The van der Waals surface area contributed by atoms with Gasteiger partial charge in [-0.3, -0.25) is 9.59 Å². The van der Waals surface area contributed by atoms with Crippen molar-refractivity contribution in [1.29, 1.82) is 0 Å². The van der Waals surface area contributed by atoms with Crippen molar-refractivity contribution in [1.82, 2.24) is 9.88 Å². The third-order valence-corrected chi connectivity index (χ3v) is 4.00. The predicted octanol–water partition coefficient (Wildman–Crippen LogP) is 1.76. The molecule has 0 saturated heterocycles. The summed E-state index contributed by atoms with van der Waals surface area (Å²) < 4.78 is 1.76. The molecule has 1 aliphatic rings. The van der Waals surface area contributed by atoms with Gasteiger partial charge < -0.3 is 20.1 Å². The van der Waals surface area contributed by atoms with Gasteiger partial charge in [-0.2, -0.15) is 0 Å². The minimum Gasteiger partial charge on any atom is -0.504 e. The van der Waals surface area contributed by atoms with Crippen LogP contribution in [0.5, 0.6) is 11.5 Å². The molecule has 0 bridgehead atoms. The van der Waals surface area contributed by atoms with E-state index in [4.69, 9.17) is 11.6 Å². The lowest BCUT2D eigenvalue weighted by Crippen LogP contribution is -2.27. The minimum absolute atomic E-state index is 0.0381. The predicted molar refractivity (Wildman–Crippen MR) is 78.2 cm³/mol. The Morgan fingerprint density at radius 2 is 2.10 bits per heavy atom. The number of nitrogens with zero attached hydrogens (tertiary/aromatic N) is 1. The van der Waals surface area contributed by atoms with Crippen LogP contribution in [0.25, 0.3) is 10.9 Å². The van der Waals surface area contributed by atoms with Gasteiger partial charge in [-0.15, -0.1) is 0 Å². The SMILES string of the molecule is CNC(=O)c1cn(C2CC2)c2cc(O)c(O)c(Cl)c2c1=O. The van der Waals surface area contributed by atoms with Gasteiger partial charge in [-0.25, -0.2) is 0 Å². The molecular weight excluding hydrogens is 296 g/mol. The number of hydrogen-bond donors (Lipinski definition) is 3. The Balaban J connectivity index is 2.47. The first kappa shape index (κ1) is 13.8. The molecule has 3 N–H and O–H groups in total. The minimum atomic E-state index is -0.568. The number of phenolic OH excluding ortho intramolecular Hbond substituents is 2. The Morgan fingerprint density at radius 1 is 1.43 bits per heavy atom. The second-order valence-electron chi connectivity index (χ2n) is 5.04. The fraction of sp³-hybridized carbons (Fsp3) is 0.286. The Kier molecular flexibility index (Phi) is 3.06. The third kappa shape index (κ3) is 2.03. The van der Waals surface area contributed by atoms with Crippen molar-refractivity contribution in [3.8, 4) is 11.5 Å². The molecule has 1 aliphatic carbocycles. The van der Waals surface area contributed by atoms with Gasteiger partial charge in [0.05, 0.1) is 15.9 Å². The zero-order chi connectivity index (χ0) is 15.3. The summed E-state index contributed by atoms with van der Waals surface area (Å²) in [7, 11) is 1.43. The number of carbonyl (C=O) groups is 1. The summed E-state index contributed by atoms with van der Waals surface area (Å²) in [6.45, 7) is 0. The molecule has 1 amide bonds. The van der Waals surface area contributed by atoms with E-state index < -0.39 is 22.8 Å². The number of phenols is 2. The summed E-state index contributed by atoms with van der Waals surface area (Å²) in [6, 6.07) is 1.46. The van der Waals surface area contributed by atoms with E-state index in [0.717, 1.165) is 12.8 Å². The van der Waals surface area contributed by atoms with Gasteiger partial charge >= 0.3 is 0 Å². The first-order valence-electron chi connectivity index (χ1n) is 6.47. The normalized spacial score (nSPS) is 14.4. The third-order valence-electron chi connectivity index (χ3n) is 3.63. The smallest absolute Gasteiger partial charge is 0.256 e. The van der Waals surface area contributed by atoms with Crippen LogP contribution in [-0.4, -0.2) is 27.7 Å². The fourth-order valence-corrected chi connectivity index (χ4v) is 2.67. The van der Waals surface area contributed by atoms with Crippen LogP contribution in [0.15, 0.2) is 17.1 Å². The molecule has 2 aromatic rings. The van der Waals surface area contributed by atoms with Gasteiger partial charge in [0.2, 0.25) is 5.43 Å². The van der Waals surface area contributed by atoms with Crippen molar-refractivity contribution in [2.45, 2.75) is 18.9 Å². The number of halogens is 1. The molecule has 0 radical (unpaired) electrons. The highest BCUT2D eigenvalue weighted by Gasteiger charge is 2.28. The zero-order valence-corrected chi connectivity index (χ0v) is 11.9.